The minimum absolute atomic E-state index is 0.00136. The molecular formula is C18H24N2O5. The first kappa shape index (κ1) is 18.8. The summed E-state index contributed by atoms with van der Waals surface area (Å²) in [6.07, 6.45) is 1.71. The molecular weight excluding hydrogens is 324 g/mol. The molecule has 1 heterocycles. The van der Waals surface area contributed by atoms with Crippen molar-refractivity contribution >= 4 is 17.9 Å². The van der Waals surface area contributed by atoms with Crippen LogP contribution in [-0.4, -0.2) is 43.1 Å². The minimum atomic E-state index is -1.16. The highest BCUT2D eigenvalue weighted by atomic mass is 16.5. The van der Waals surface area contributed by atoms with Crippen LogP contribution in [0.1, 0.15) is 38.7 Å². The van der Waals surface area contributed by atoms with Crippen LogP contribution in [0.2, 0.25) is 0 Å². The van der Waals surface area contributed by atoms with E-state index in [1.165, 1.54) is 0 Å². The Hall–Kier alpha value is -2.57. The molecule has 1 saturated heterocycles. The molecule has 0 radical (unpaired) electrons. The zero-order valence-electron chi connectivity index (χ0n) is 14.8. The highest BCUT2D eigenvalue weighted by molar-refractivity contribution is 6.07. The molecule has 0 aromatic heterocycles. The lowest BCUT2D eigenvalue weighted by Gasteiger charge is -2.22. The van der Waals surface area contributed by atoms with Crippen LogP contribution in [-0.2, 0) is 19.9 Å². The van der Waals surface area contributed by atoms with E-state index in [2.05, 4.69) is 5.32 Å². The lowest BCUT2D eigenvalue weighted by molar-refractivity contribution is -0.144. The van der Waals surface area contributed by atoms with Crippen molar-refractivity contribution in [2.75, 3.05) is 20.3 Å². The molecule has 0 aliphatic carbocycles. The average molecular weight is 348 g/mol. The number of methoxy groups -OCH3 is 1. The Morgan fingerprint density at radius 2 is 1.92 bits per heavy atom. The zero-order chi connectivity index (χ0) is 18.4. The van der Waals surface area contributed by atoms with Crippen molar-refractivity contribution in [3.63, 3.8) is 0 Å². The number of hydrogen-bond acceptors (Lipinski definition) is 5. The van der Waals surface area contributed by atoms with E-state index in [0.29, 0.717) is 17.9 Å². The Morgan fingerprint density at radius 3 is 2.52 bits per heavy atom. The van der Waals surface area contributed by atoms with Gasteiger partial charge in [0.1, 0.15) is 11.3 Å². The number of benzene rings is 1. The minimum Gasteiger partial charge on any atom is -0.497 e. The van der Waals surface area contributed by atoms with Crippen molar-refractivity contribution in [3.8, 4) is 5.75 Å². The molecule has 1 atom stereocenters. The van der Waals surface area contributed by atoms with Gasteiger partial charge in [0.2, 0.25) is 0 Å². The summed E-state index contributed by atoms with van der Waals surface area (Å²) in [5, 5.41) is 2.70. The lowest BCUT2D eigenvalue weighted by atomic mass is 9.92. The van der Waals surface area contributed by atoms with Crippen LogP contribution in [0, 0.1) is 0 Å². The third-order valence-electron chi connectivity index (χ3n) is 4.24. The normalized spacial score (nSPS) is 19.7. The highest BCUT2D eigenvalue weighted by Crippen LogP contribution is 2.30. The molecule has 1 aliphatic heterocycles. The van der Waals surface area contributed by atoms with Gasteiger partial charge in [0.15, 0.2) is 0 Å². The largest absolute Gasteiger partial charge is 0.497 e. The fourth-order valence-electron chi connectivity index (χ4n) is 2.63. The Labute approximate surface area is 147 Å². The van der Waals surface area contributed by atoms with Crippen molar-refractivity contribution in [2.45, 2.75) is 38.6 Å². The molecule has 2 rings (SSSR count). The molecule has 1 N–H and O–H groups in total. The lowest BCUT2D eigenvalue weighted by Crippen LogP contribution is -2.41. The van der Waals surface area contributed by atoms with Crippen molar-refractivity contribution in [1.29, 1.82) is 0 Å². The van der Waals surface area contributed by atoms with Crippen LogP contribution < -0.4 is 10.1 Å². The summed E-state index contributed by atoms with van der Waals surface area (Å²) in [6, 6.07) is 6.42. The van der Waals surface area contributed by atoms with Crippen LogP contribution in [0.3, 0.4) is 0 Å². The van der Waals surface area contributed by atoms with Gasteiger partial charge < -0.3 is 14.8 Å². The van der Waals surface area contributed by atoms with Gasteiger partial charge in [0, 0.05) is 6.54 Å². The molecule has 0 saturated carbocycles. The van der Waals surface area contributed by atoms with E-state index in [1.54, 1.807) is 38.3 Å². The highest BCUT2D eigenvalue weighted by Gasteiger charge is 2.48. The first-order valence-electron chi connectivity index (χ1n) is 8.36. The van der Waals surface area contributed by atoms with Crippen molar-refractivity contribution in [1.82, 2.24) is 10.2 Å². The first-order chi connectivity index (χ1) is 11.9. The summed E-state index contributed by atoms with van der Waals surface area (Å²) in [5.41, 5.74) is -0.505. The second kappa shape index (κ2) is 8.00. The van der Waals surface area contributed by atoms with E-state index in [9.17, 15) is 14.4 Å². The van der Waals surface area contributed by atoms with Crippen molar-refractivity contribution in [3.05, 3.63) is 29.8 Å². The van der Waals surface area contributed by atoms with Gasteiger partial charge >= 0.3 is 12.0 Å². The Kier molecular flexibility index (Phi) is 6.01. The number of unbranched alkanes of at least 4 members (excludes halogenated alkanes) is 1. The first-order valence-corrected chi connectivity index (χ1v) is 8.36. The van der Waals surface area contributed by atoms with Crippen LogP contribution in [0.25, 0.3) is 0 Å². The topological polar surface area (TPSA) is 84.9 Å². The smallest absolute Gasteiger partial charge is 0.325 e. The van der Waals surface area contributed by atoms with E-state index in [-0.39, 0.29) is 18.9 Å². The van der Waals surface area contributed by atoms with Gasteiger partial charge in [-0.2, -0.15) is 0 Å². The number of carbonyl (C=O) groups is 3. The van der Waals surface area contributed by atoms with Crippen LogP contribution in [0.5, 0.6) is 5.75 Å². The summed E-state index contributed by atoms with van der Waals surface area (Å²) < 4.78 is 10.2. The molecule has 0 unspecified atom stereocenters. The van der Waals surface area contributed by atoms with Gasteiger partial charge in [-0.05, 0) is 31.0 Å². The molecule has 25 heavy (non-hydrogen) atoms. The molecule has 136 valence electrons. The Bertz CT molecular complexity index is 643. The number of carbonyl (C=O) groups excluding carboxylic acids is 3. The second-order valence-electron chi connectivity index (χ2n) is 6.06. The van der Waals surface area contributed by atoms with E-state index >= 15 is 0 Å². The van der Waals surface area contributed by atoms with Gasteiger partial charge in [-0.15, -0.1) is 0 Å². The number of hydrogen-bond donors (Lipinski definition) is 1. The fraction of sp³-hybridized carbons (Fsp3) is 0.500. The van der Waals surface area contributed by atoms with Crippen molar-refractivity contribution in [2.24, 2.45) is 0 Å². The molecule has 3 amide bonds. The molecule has 0 bridgehead atoms. The van der Waals surface area contributed by atoms with Crippen LogP contribution in [0.4, 0.5) is 4.79 Å². The summed E-state index contributed by atoms with van der Waals surface area (Å²) >= 11 is 0. The van der Waals surface area contributed by atoms with Gasteiger partial charge in [-0.3, -0.25) is 14.5 Å². The van der Waals surface area contributed by atoms with Gasteiger partial charge in [-0.25, -0.2) is 4.79 Å². The third kappa shape index (κ3) is 4.10. The molecule has 7 heteroatoms. The monoisotopic (exact) mass is 348 g/mol. The maximum atomic E-state index is 12.7. The van der Waals surface area contributed by atoms with Crippen molar-refractivity contribution < 1.29 is 23.9 Å². The molecule has 0 spiro atoms. The number of rotatable bonds is 8. The van der Waals surface area contributed by atoms with E-state index in [0.717, 1.165) is 17.7 Å². The van der Waals surface area contributed by atoms with Crippen LogP contribution in [0.15, 0.2) is 24.3 Å². The quantitative estimate of drug-likeness (QED) is 0.442. The predicted molar refractivity (Wildman–Crippen MR) is 91.1 cm³/mol. The standard InChI is InChI=1S/C18H24N2O5/c1-4-5-12-25-15(21)10-11-20-16(22)18(2,19-17(20)23)13-6-8-14(24-3)9-7-13/h6-9H,4-5,10-12H2,1-3H3,(H,19,23)/t18-/m1/s1. The molecule has 7 nitrogen and oxygen atoms in total. The van der Waals surface area contributed by atoms with Crippen LogP contribution >= 0.6 is 0 Å². The zero-order valence-corrected chi connectivity index (χ0v) is 14.8. The van der Waals surface area contributed by atoms with E-state index < -0.39 is 17.5 Å². The van der Waals surface area contributed by atoms with Gasteiger partial charge in [0.05, 0.1) is 20.1 Å². The van der Waals surface area contributed by atoms with Gasteiger partial charge in [0.25, 0.3) is 5.91 Å². The molecule has 1 fully saturated rings. The Morgan fingerprint density at radius 1 is 1.24 bits per heavy atom. The third-order valence-corrected chi connectivity index (χ3v) is 4.24. The predicted octanol–water partition coefficient (Wildman–Crippen LogP) is 2.20. The molecule has 1 aromatic carbocycles. The molecule has 1 aliphatic rings. The average Bonchev–Trinajstić information content (AvgIpc) is 2.83. The number of nitrogens with zero attached hydrogens (tertiary/aromatic N) is 1. The molecule has 1 aromatic rings. The summed E-state index contributed by atoms with van der Waals surface area (Å²) in [6.45, 7) is 4.01. The number of esters is 1. The second-order valence-corrected chi connectivity index (χ2v) is 6.06. The fourth-order valence-corrected chi connectivity index (χ4v) is 2.63. The number of urea groups is 1. The SMILES string of the molecule is CCCCOC(=O)CCN1C(=O)N[C@](C)(c2ccc(OC)cc2)C1=O. The number of nitrogens with one attached hydrogen (secondary N) is 1. The maximum Gasteiger partial charge on any atom is 0.325 e. The number of imide groups is 1. The maximum absolute atomic E-state index is 12.7. The van der Waals surface area contributed by atoms with Gasteiger partial charge in [-0.1, -0.05) is 25.5 Å². The Balaban J connectivity index is 2.01. The summed E-state index contributed by atoms with van der Waals surface area (Å²) in [4.78, 5) is 37.7. The van der Waals surface area contributed by atoms with E-state index in [4.69, 9.17) is 9.47 Å². The number of amides is 3. The number of ether oxygens (including phenoxy) is 2. The van der Waals surface area contributed by atoms with E-state index in [1.807, 2.05) is 6.92 Å². The summed E-state index contributed by atoms with van der Waals surface area (Å²) in [5.74, 6) is -0.132. The summed E-state index contributed by atoms with van der Waals surface area (Å²) in [7, 11) is 1.56.